The van der Waals surface area contributed by atoms with E-state index < -0.39 is 17.8 Å². The van der Waals surface area contributed by atoms with Crippen molar-refractivity contribution in [1.82, 2.24) is 15.0 Å². The van der Waals surface area contributed by atoms with Gasteiger partial charge in [-0.25, -0.2) is 0 Å². The van der Waals surface area contributed by atoms with E-state index in [1.807, 2.05) is 6.07 Å². The molecule has 0 saturated heterocycles. The zero-order valence-electron chi connectivity index (χ0n) is 16.1. The summed E-state index contributed by atoms with van der Waals surface area (Å²) in [5.41, 5.74) is 4.16. The minimum Gasteiger partial charge on any atom is -0.376 e. The highest BCUT2D eigenvalue weighted by Crippen LogP contribution is 2.41. The van der Waals surface area contributed by atoms with Gasteiger partial charge in [-0.2, -0.15) is 13.2 Å². The van der Waals surface area contributed by atoms with Crippen molar-refractivity contribution in [3.05, 3.63) is 76.1 Å². The van der Waals surface area contributed by atoms with Crippen LogP contribution in [0.5, 0.6) is 0 Å². The fourth-order valence-corrected chi connectivity index (χ4v) is 4.51. The van der Waals surface area contributed by atoms with Crippen molar-refractivity contribution >= 4 is 33.0 Å². The first-order valence-corrected chi connectivity index (χ1v) is 10.3. The summed E-state index contributed by atoms with van der Waals surface area (Å²) in [7, 11) is 0. The van der Waals surface area contributed by atoms with Gasteiger partial charge in [-0.15, -0.1) is 11.3 Å². The molecule has 31 heavy (non-hydrogen) atoms. The lowest BCUT2D eigenvalue weighted by atomic mass is 9.95. The topological polar surface area (TPSA) is 84.9 Å². The standard InChI is InChI=1S/C21H16ClF3N4OS/c1-20(30,21(23,24)25)12-5-8-27-14(10-12)18-19-11(4-7-29-18)9-15(31-19)16(26)17-13(22)3-2-6-28-17/h2-10,16,30H,26H2,1H3/t16-,20?/m0/s1. The van der Waals surface area contributed by atoms with Crippen LogP contribution in [-0.2, 0) is 5.60 Å². The van der Waals surface area contributed by atoms with Crippen molar-refractivity contribution in [1.29, 1.82) is 0 Å². The summed E-state index contributed by atoms with van der Waals surface area (Å²) in [6.45, 7) is 0.707. The van der Waals surface area contributed by atoms with E-state index in [0.717, 1.165) is 16.3 Å². The number of alkyl halides is 3. The Balaban J connectivity index is 1.80. The third-order valence-electron chi connectivity index (χ3n) is 4.96. The van der Waals surface area contributed by atoms with Crippen LogP contribution in [0.15, 0.2) is 55.0 Å². The lowest BCUT2D eigenvalue weighted by Gasteiger charge is -2.26. The maximum absolute atomic E-state index is 13.3. The molecule has 2 atom stereocenters. The van der Waals surface area contributed by atoms with Gasteiger partial charge in [-0.05, 0) is 54.3 Å². The largest absolute Gasteiger partial charge is 0.421 e. The van der Waals surface area contributed by atoms with Gasteiger partial charge in [0.25, 0.3) is 0 Å². The summed E-state index contributed by atoms with van der Waals surface area (Å²) in [5.74, 6) is 0. The Labute approximate surface area is 184 Å². The molecule has 4 aromatic heterocycles. The summed E-state index contributed by atoms with van der Waals surface area (Å²) < 4.78 is 40.5. The molecule has 3 N–H and O–H groups in total. The van der Waals surface area contributed by atoms with Crippen LogP contribution >= 0.6 is 22.9 Å². The Morgan fingerprint density at radius 2 is 1.81 bits per heavy atom. The average molecular weight is 465 g/mol. The number of hydrogen-bond donors (Lipinski definition) is 2. The Bertz CT molecular complexity index is 1260. The minimum atomic E-state index is -4.84. The van der Waals surface area contributed by atoms with E-state index >= 15 is 0 Å². The molecular formula is C21H16ClF3N4OS. The van der Waals surface area contributed by atoms with Crippen LogP contribution in [0.3, 0.4) is 0 Å². The van der Waals surface area contributed by atoms with Crippen molar-refractivity contribution < 1.29 is 18.3 Å². The fourth-order valence-electron chi connectivity index (χ4n) is 3.11. The second-order valence-corrected chi connectivity index (χ2v) is 8.57. The fraction of sp³-hybridized carbons (Fsp3) is 0.190. The predicted molar refractivity (Wildman–Crippen MR) is 114 cm³/mol. The third kappa shape index (κ3) is 3.89. The van der Waals surface area contributed by atoms with E-state index in [1.165, 1.54) is 23.6 Å². The highest BCUT2D eigenvalue weighted by Gasteiger charge is 2.51. The maximum atomic E-state index is 13.3. The molecule has 0 amide bonds. The molecule has 4 rings (SSSR count). The number of thiophene rings is 1. The van der Waals surface area contributed by atoms with Gasteiger partial charge in [-0.1, -0.05) is 11.6 Å². The van der Waals surface area contributed by atoms with E-state index in [0.29, 0.717) is 28.0 Å². The van der Waals surface area contributed by atoms with E-state index in [4.69, 9.17) is 17.3 Å². The second-order valence-electron chi connectivity index (χ2n) is 7.07. The van der Waals surface area contributed by atoms with Gasteiger partial charge in [-0.3, -0.25) is 15.0 Å². The molecule has 0 aromatic carbocycles. The number of rotatable bonds is 4. The molecular weight excluding hydrogens is 449 g/mol. The number of hydrogen-bond acceptors (Lipinski definition) is 6. The quantitative estimate of drug-likeness (QED) is 0.432. The Hall–Kier alpha value is -2.59. The van der Waals surface area contributed by atoms with E-state index in [2.05, 4.69) is 15.0 Å². The molecule has 4 heterocycles. The number of aliphatic hydroxyl groups is 1. The van der Waals surface area contributed by atoms with Crippen LogP contribution in [0.25, 0.3) is 21.5 Å². The first-order chi connectivity index (χ1) is 14.6. The predicted octanol–water partition coefficient (Wildman–Crippen LogP) is 5.22. The maximum Gasteiger partial charge on any atom is 0.421 e. The van der Waals surface area contributed by atoms with Gasteiger partial charge < -0.3 is 10.8 Å². The Morgan fingerprint density at radius 1 is 1.06 bits per heavy atom. The summed E-state index contributed by atoms with van der Waals surface area (Å²) in [4.78, 5) is 13.5. The minimum absolute atomic E-state index is 0.213. The molecule has 160 valence electrons. The number of fused-ring (bicyclic) bond motifs is 1. The van der Waals surface area contributed by atoms with Gasteiger partial charge in [0.15, 0.2) is 5.60 Å². The first kappa shape index (κ1) is 21.6. The monoisotopic (exact) mass is 464 g/mol. The molecule has 5 nitrogen and oxygen atoms in total. The van der Waals surface area contributed by atoms with Crippen LogP contribution in [0.4, 0.5) is 13.2 Å². The van der Waals surface area contributed by atoms with Crippen molar-refractivity contribution in [2.24, 2.45) is 5.73 Å². The van der Waals surface area contributed by atoms with E-state index in [1.54, 1.807) is 30.6 Å². The lowest BCUT2D eigenvalue weighted by molar-refractivity contribution is -0.258. The molecule has 1 unspecified atom stereocenters. The van der Waals surface area contributed by atoms with Crippen LogP contribution in [-0.4, -0.2) is 26.2 Å². The Morgan fingerprint density at radius 3 is 2.52 bits per heavy atom. The normalized spacial score (nSPS) is 15.1. The lowest BCUT2D eigenvalue weighted by Crippen LogP contribution is -2.39. The van der Waals surface area contributed by atoms with Crippen molar-refractivity contribution in [3.63, 3.8) is 0 Å². The van der Waals surface area contributed by atoms with Gasteiger partial charge in [0.05, 0.1) is 27.2 Å². The summed E-state index contributed by atoms with van der Waals surface area (Å²) >= 11 is 7.55. The zero-order chi connectivity index (χ0) is 22.4. The second kappa shape index (κ2) is 7.83. The van der Waals surface area contributed by atoms with Gasteiger partial charge in [0.1, 0.15) is 5.69 Å². The molecule has 0 bridgehead atoms. The van der Waals surface area contributed by atoms with Crippen LogP contribution < -0.4 is 5.73 Å². The van der Waals surface area contributed by atoms with E-state index in [-0.39, 0.29) is 11.3 Å². The highest BCUT2D eigenvalue weighted by molar-refractivity contribution is 7.19. The molecule has 4 aromatic rings. The van der Waals surface area contributed by atoms with Crippen LogP contribution in [0, 0.1) is 0 Å². The van der Waals surface area contributed by atoms with Crippen LogP contribution in [0.2, 0.25) is 5.02 Å². The molecule has 0 aliphatic rings. The highest BCUT2D eigenvalue weighted by atomic mass is 35.5. The molecule has 0 radical (unpaired) electrons. The third-order valence-corrected chi connectivity index (χ3v) is 6.52. The summed E-state index contributed by atoms with van der Waals surface area (Å²) in [6, 6.07) is 8.81. The van der Waals surface area contributed by atoms with Crippen LogP contribution in [0.1, 0.15) is 29.1 Å². The summed E-state index contributed by atoms with van der Waals surface area (Å²) in [5, 5.41) is 11.3. The number of pyridine rings is 3. The van der Waals surface area contributed by atoms with Gasteiger partial charge in [0.2, 0.25) is 0 Å². The average Bonchev–Trinajstić information content (AvgIpc) is 3.17. The van der Waals surface area contributed by atoms with Crippen molar-refractivity contribution in [3.8, 4) is 11.4 Å². The number of aromatic nitrogens is 3. The molecule has 0 saturated carbocycles. The SMILES string of the molecule is CC(O)(c1ccnc(-c2nccc3cc([C@H](N)c4ncccc4Cl)sc23)c1)C(F)(F)F. The zero-order valence-corrected chi connectivity index (χ0v) is 17.6. The van der Waals surface area contributed by atoms with Gasteiger partial charge >= 0.3 is 6.18 Å². The first-order valence-electron chi connectivity index (χ1n) is 9.10. The van der Waals surface area contributed by atoms with Crippen molar-refractivity contribution in [2.75, 3.05) is 0 Å². The molecule has 10 heteroatoms. The number of halogens is 4. The molecule has 0 aliphatic heterocycles. The van der Waals surface area contributed by atoms with Gasteiger partial charge in [0, 0.05) is 23.5 Å². The summed E-state index contributed by atoms with van der Waals surface area (Å²) in [6.07, 6.45) is -0.470. The smallest absolute Gasteiger partial charge is 0.376 e. The molecule has 0 aliphatic carbocycles. The number of nitrogens with zero attached hydrogens (tertiary/aromatic N) is 3. The van der Waals surface area contributed by atoms with E-state index in [9.17, 15) is 18.3 Å². The molecule has 0 fully saturated rings. The molecule has 0 spiro atoms. The Kier molecular flexibility index (Phi) is 5.47. The van der Waals surface area contributed by atoms with Crippen molar-refractivity contribution in [2.45, 2.75) is 24.7 Å². The number of nitrogens with two attached hydrogens (primary N) is 1.